The van der Waals surface area contributed by atoms with Gasteiger partial charge in [-0.2, -0.15) is 0 Å². The first-order chi connectivity index (χ1) is 14.4. The Morgan fingerprint density at radius 1 is 1.33 bits per heavy atom. The average Bonchev–Trinajstić information content (AvgIpc) is 3.25. The second kappa shape index (κ2) is 8.22. The fraction of sp³-hybridized carbons (Fsp3) is 0.435. The van der Waals surface area contributed by atoms with E-state index in [0.29, 0.717) is 17.2 Å². The fourth-order valence-electron chi connectivity index (χ4n) is 4.56. The summed E-state index contributed by atoms with van der Waals surface area (Å²) in [5.41, 5.74) is 11.4. The summed E-state index contributed by atoms with van der Waals surface area (Å²) >= 11 is 1.54. The summed E-state index contributed by atoms with van der Waals surface area (Å²) < 4.78 is 7.09. The minimum absolute atomic E-state index is 0.0125. The number of hydrogen-bond donors (Lipinski definition) is 1. The van der Waals surface area contributed by atoms with Crippen LogP contribution in [0.25, 0.3) is 0 Å². The van der Waals surface area contributed by atoms with E-state index in [0.717, 1.165) is 49.1 Å². The monoisotopic (exact) mass is 424 g/mol. The number of carbonyl (C=O) groups is 1. The van der Waals surface area contributed by atoms with Crippen molar-refractivity contribution in [2.24, 2.45) is 7.05 Å². The van der Waals surface area contributed by atoms with Gasteiger partial charge in [-0.05, 0) is 57.1 Å². The van der Waals surface area contributed by atoms with Gasteiger partial charge in [-0.3, -0.25) is 4.68 Å². The van der Waals surface area contributed by atoms with E-state index in [4.69, 9.17) is 10.5 Å². The summed E-state index contributed by atoms with van der Waals surface area (Å²) in [6, 6.07) is 10.7. The number of nitrogens with two attached hydrogens (primary N) is 1. The lowest BCUT2D eigenvalue weighted by molar-refractivity contribution is 0.0526. The second-order valence-corrected chi connectivity index (χ2v) is 9.17. The Bertz CT molecular complexity index is 1060. The van der Waals surface area contributed by atoms with E-state index in [9.17, 15) is 4.79 Å². The van der Waals surface area contributed by atoms with Crippen molar-refractivity contribution in [3.8, 4) is 0 Å². The third kappa shape index (κ3) is 3.62. The van der Waals surface area contributed by atoms with Gasteiger partial charge in [-0.15, -0.1) is 16.4 Å². The number of nitrogens with zero attached hydrogens (tertiary/aromatic N) is 3. The highest BCUT2D eigenvalue weighted by Gasteiger charge is 2.39. The highest BCUT2D eigenvalue weighted by molar-refractivity contribution is 7.16. The van der Waals surface area contributed by atoms with Crippen LogP contribution in [-0.4, -0.2) is 27.6 Å². The molecule has 6 nitrogen and oxygen atoms in total. The van der Waals surface area contributed by atoms with Gasteiger partial charge in [0, 0.05) is 17.3 Å². The molecule has 0 radical (unpaired) electrons. The minimum Gasteiger partial charge on any atom is -0.462 e. The molecule has 1 unspecified atom stereocenters. The summed E-state index contributed by atoms with van der Waals surface area (Å²) in [7, 11) is 1.93. The quantitative estimate of drug-likeness (QED) is 0.605. The number of benzene rings is 1. The van der Waals surface area contributed by atoms with E-state index in [1.807, 2.05) is 18.7 Å². The Morgan fingerprint density at radius 2 is 2.10 bits per heavy atom. The molecule has 0 spiro atoms. The number of ether oxygens (including phenoxy) is 1. The van der Waals surface area contributed by atoms with E-state index >= 15 is 0 Å². The molecule has 2 heterocycles. The number of aromatic nitrogens is 3. The van der Waals surface area contributed by atoms with Crippen molar-refractivity contribution < 1.29 is 9.53 Å². The molecule has 1 aliphatic carbocycles. The van der Waals surface area contributed by atoms with Gasteiger partial charge < -0.3 is 10.5 Å². The molecule has 1 aliphatic rings. The van der Waals surface area contributed by atoms with Gasteiger partial charge in [0.25, 0.3) is 0 Å². The van der Waals surface area contributed by atoms with Gasteiger partial charge in [-0.25, -0.2) is 4.79 Å². The predicted octanol–water partition coefficient (Wildman–Crippen LogP) is 4.00. The molecular formula is C23H28N4O2S. The van der Waals surface area contributed by atoms with E-state index in [1.165, 1.54) is 10.4 Å². The van der Waals surface area contributed by atoms with Gasteiger partial charge in [0.1, 0.15) is 5.00 Å². The lowest BCUT2D eigenvalue weighted by Gasteiger charge is -2.38. The van der Waals surface area contributed by atoms with Crippen LogP contribution in [0.4, 0.5) is 5.00 Å². The number of thiophene rings is 1. The maximum Gasteiger partial charge on any atom is 0.341 e. The van der Waals surface area contributed by atoms with Crippen LogP contribution >= 0.6 is 11.3 Å². The number of nitrogen functional groups attached to an aromatic ring is 1. The summed E-state index contributed by atoms with van der Waals surface area (Å²) in [6.07, 6.45) is 4.51. The maximum atomic E-state index is 12.5. The summed E-state index contributed by atoms with van der Waals surface area (Å²) in [5, 5.41) is 9.11. The molecule has 0 bridgehead atoms. The fourth-order valence-corrected chi connectivity index (χ4v) is 5.81. The van der Waals surface area contributed by atoms with Gasteiger partial charge in [0.15, 0.2) is 0 Å². The molecule has 4 rings (SSSR count). The zero-order valence-electron chi connectivity index (χ0n) is 17.8. The molecule has 1 atom stereocenters. The normalized spacial score (nSPS) is 18.2. The van der Waals surface area contributed by atoms with E-state index in [-0.39, 0.29) is 11.4 Å². The number of fused-ring (bicyclic) bond motifs is 1. The minimum atomic E-state index is -0.296. The number of aryl methyl sites for hydroxylation is 2. The topological polar surface area (TPSA) is 83.0 Å². The number of esters is 1. The first-order valence-electron chi connectivity index (χ1n) is 10.4. The highest BCUT2D eigenvalue weighted by Crippen LogP contribution is 2.47. The molecule has 158 valence electrons. The lowest BCUT2D eigenvalue weighted by atomic mass is 9.66. The van der Waals surface area contributed by atoms with Crippen LogP contribution in [0.1, 0.15) is 57.5 Å². The molecule has 3 aromatic rings. The van der Waals surface area contributed by atoms with E-state index < -0.39 is 0 Å². The predicted molar refractivity (Wildman–Crippen MR) is 119 cm³/mol. The Hall–Kier alpha value is -2.67. The largest absolute Gasteiger partial charge is 0.462 e. The molecule has 1 aromatic carbocycles. The lowest BCUT2D eigenvalue weighted by Crippen LogP contribution is -2.34. The molecule has 0 saturated heterocycles. The van der Waals surface area contributed by atoms with Crippen molar-refractivity contribution in [3.63, 3.8) is 0 Å². The van der Waals surface area contributed by atoms with E-state index in [1.54, 1.807) is 11.3 Å². The molecule has 0 amide bonds. The zero-order chi connectivity index (χ0) is 21.3. The molecule has 2 N–H and O–H groups in total. The third-order valence-electron chi connectivity index (χ3n) is 6.38. The second-order valence-electron chi connectivity index (χ2n) is 8.03. The summed E-state index contributed by atoms with van der Waals surface area (Å²) in [5.74, 6) is -0.296. The molecular weight excluding hydrogens is 396 g/mol. The van der Waals surface area contributed by atoms with Crippen molar-refractivity contribution in [2.75, 3.05) is 12.3 Å². The molecule has 2 aromatic heterocycles. The van der Waals surface area contributed by atoms with Crippen molar-refractivity contribution in [2.45, 2.75) is 51.4 Å². The van der Waals surface area contributed by atoms with Gasteiger partial charge in [0.05, 0.1) is 23.6 Å². The van der Waals surface area contributed by atoms with Crippen LogP contribution < -0.4 is 5.73 Å². The number of carbonyl (C=O) groups excluding carboxylic acids is 1. The number of rotatable bonds is 6. The standard InChI is InChI=1S/C23H28N4O2S/c1-4-29-22(28)20-17-10-12-23(14-19(17)30-21(20)24,16-8-6-5-7-9-16)13-11-18-15(2)27(3)26-25-18/h5-9H,4,10-14,24H2,1-3H3. The smallest absolute Gasteiger partial charge is 0.341 e. The maximum absolute atomic E-state index is 12.5. The van der Waals surface area contributed by atoms with Crippen molar-refractivity contribution in [1.82, 2.24) is 15.0 Å². The first-order valence-corrected chi connectivity index (χ1v) is 11.2. The summed E-state index contributed by atoms with van der Waals surface area (Å²) in [6.45, 7) is 4.24. The van der Waals surface area contributed by atoms with Crippen molar-refractivity contribution in [1.29, 1.82) is 0 Å². The first kappa shape index (κ1) is 20.6. The number of hydrogen-bond acceptors (Lipinski definition) is 6. The van der Waals surface area contributed by atoms with Crippen LogP contribution in [0.15, 0.2) is 30.3 Å². The molecule has 7 heteroatoms. The van der Waals surface area contributed by atoms with Crippen LogP contribution in [0, 0.1) is 6.92 Å². The van der Waals surface area contributed by atoms with Gasteiger partial charge in [0.2, 0.25) is 0 Å². The molecule has 0 fully saturated rings. The molecule has 0 saturated carbocycles. The molecule has 30 heavy (non-hydrogen) atoms. The van der Waals surface area contributed by atoms with Crippen LogP contribution in [0.2, 0.25) is 0 Å². The van der Waals surface area contributed by atoms with Crippen molar-refractivity contribution >= 4 is 22.3 Å². The Balaban J connectivity index is 1.68. The SMILES string of the molecule is CCOC(=O)c1c(N)sc2c1CCC(CCc1nnn(C)c1C)(c1ccccc1)C2. The van der Waals surface area contributed by atoms with Gasteiger partial charge in [-0.1, -0.05) is 35.5 Å². The highest BCUT2D eigenvalue weighted by atomic mass is 32.1. The van der Waals surface area contributed by atoms with Crippen molar-refractivity contribution in [3.05, 3.63) is 63.3 Å². The van der Waals surface area contributed by atoms with Crippen LogP contribution in [0.5, 0.6) is 0 Å². The Labute approximate surface area is 181 Å². The van der Waals surface area contributed by atoms with Gasteiger partial charge >= 0.3 is 5.97 Å². The Morgan fingerprint density at radius 3 is 2.77 bits per heavy atom. The number of anilines is 1. The Kier molecular flexibility index (Phi) is 5.64. The van der Waals surface area contributed by atoms with Crippen LogP contribution in [-0.2, 0) is 36.5 Å². The molecule has 0 aliphatic heterocycles. The summed E-state index contributed by atoms with van der Waals surface area (Å²) in [4.78, 5) is 13.7. The zero-order valence-corrected chi connectivity index (χ0v) is 18.6. The third-order valence-corrected chi connectivity index (χ3v) is 7.44. The van der Waals surface area contributed by atoms with Crippen LogP contribution in [0.3, 0.4) is 0 Å². The van der Waals surface area contributed by atoms with E-state index in [2.05, 4.69) is 47.6 Å². The average molecular weight is 425 g/mol.